The fourth-order valence-electron chi connectivity index (χ4n) is 4.99. The lowest BCUT2D eigenvalue weighted by molar-refractivity contribution is -0.117. The van der Waals surface area contributed by atoms with Gasteiger partial charge in [-0.05, 0) is 42.2 Å². The van der Waals surface area contributed by atoms with Crippen LogP contribution in [0, 0.1) is 18.2 Å². The molecule has 4 aromatic heterocycles. The van der Waals surface area contributed by atoms with Crippen LogP contribution in [0.25, 0.3) is 32.7 Å². The van der Waals surface area contributed by atoms with Crippen molar-refractivity contribution < 1.29 is 9.18 Å². The zero-order valence-corrected chi connectivity index (χ0v) is 24.1. The van der Waals surface area contributed by atoms with Gasteiger partial charge in [0.25, 0.3) is 0 Å². The number of aromatic amines is 1. The number of aryl methyl sites for hydroxylation is 1. The second-order valence-corrected chi connectivity index (χ2v) is 12.6. The lowest BCUT2D eigenvalue weighted by Crippen LogP contribution is -2.19. The zero-order valence-electron chi connectivity index (χ0n) is 23.3. The van der Waals surface area contributed by atoms with Gasteiger partial charge in [0, 0.05) is 57.4 Å². The van der Waals surface area contributed by atoms with Crippen molar-refractivity contribution in [2.75, 3.05) is 12.0 Å². The Hall–Kier alpha value is -4.28. The lowest BCUT2D eigenvalue weighted by atomic mass is 9.92. The number of aromatic nitrogens is 4. The third kappa shape index (κ3) is 5.53. The predicted octanol–water partition coefficient (Wildman–Crippen LogP) is 6.47. The largest absolute Gasteiger partial charge is 0.335 e. The summed E-state index contributed by atoms with van der Waals surface area (Å²) in [7, 11) is 0. The maximum Gasteiger partial charge on any atom is 0.224 e. The molecule has 8 nitrogen and oxygen atoms in total. The molecule has 3 N–H and O–H groups in total. The van der Waals surface area contributed by atoms with E-state index in [9.17, 15) is 4.79 Å². The summed E-state index contributed by atoms with van der Waals surface area (Å²) < 4.78 is 16.5. The molecule has 1 aliphatic rings. The van der Waals surface area contributed by atoms with E-state index in [2.05, 4.69) is 44.6 Å². The minimum absolute atomic E-state index is 0.116. The molecular weight excluding hydrogens is 537 g/mol. The van der Waals surface area contributed by atoms with Crippen molar-refractivity contribution in [3.63, 3.8) is 0 Å². The highest BCUT2D eigenvalue weighted by molar-refractivity contribution is 7.15. The lowest BCUT2D eigenvalue weighted by Gasteiger charge is -2.17. The van der Waals surface area contributed by atoms with Crippen molar-refractivity contribution in [1.82, 2.24) is 25.3 Å². The van der Waals surface area contributed by atoms with E-state index in [0.29, 0.717) is 59.2 Å². The molecule has 0 saturated heterocycles. The first-order valence-electron chi connectivity index (χ1n) is 13.4. The molecule has 10 heteroatoms. The average Bonchev–Trinajstić information content (AvgIpc) is 3.48. The molecule has 41 heavy (non-hydrogen) atoms. The van der Waals surface area contributed by atoms with Gasteiger partial charge in [-0.25, -0.2) is 14.4 Å². The minimum atomic E-state index is -0.424. The number of nitrogens with one attached hydrogen (secondary N) is 3. The number of halogens is 1. The number of H-pyrrole nitrogens is 1. The quantitative estimate of drug-likeness (QED) is 0.226. The third-order valence-electron chi connectivity index (χ3n) is 6.78. The first kappa shape index (κ1) is 26.9. The zero-order chi connectivity index (χ0) is 28.7. The highest BCUT2D eigenvalue weighted by atomic mass is 32.1. The molecule has 0 radical (unpaired) electrons. The van der Waals surface area contributed by atoms with Crippen molar-refractivity contribution in [3.8, 4) is 21.6 Å². The molecular formula is C31H30FN7OS. The second-order valence-electron chi connectivity index (χ2n) is 11.4. The Morgan fingerprint density at radius 1 is 1.12 bits per heavy atom. The molecule has 208 valence electrons. The van der Waals surface area contributed by atoms with E-state index >= 15 is 4.39 Å². The summed E-state index contributed by atoms with van der Waals surface area (Å²) in [6, 6.07) is 11.5. The Balaban J connectivity index is 1.41. The highest BCUT2D eigenvalue weighted by Gasteiger charge is 2.25. The van der Waals surface area contributed by atoms with E-state index in [1.165, 1.54) is 4.88 Å². The molecule has 0 aliphatic carbocycles. The van der Waals surface area contributed by atoms with E-state index in [1.807, 2.05) is 32.9 Å². The number of imidazole rings is 1. The molecule has 0 unspecified atom stereocenters. The van der Waals surface area contributed by atoms with Crippen LogP contribution in [-0.4, -0.2) is 38.2 Å². The standard InChI is InChI=1S/C31H30FN7OS/c1-17-5-8-23(41-17)22-9-10-35-29-27(22)38-30(39-29)28-25-18(13-34-16-36-28)6-7-21(26(25)32)19-11-20(15-33-14-19)37-24(40)12-31(2,3)4/h5-11,14-15,34H,12-13,16H2,1-4H3,(H,37,40)(H,35,38,39). The van der Waals surface area contributed by atoms with E-state index in [0.717, 1.165) is 21.5 Å². The molecule has 0 fully saturated rings. The highest BCUT2D eigenvalue weighted by Crippen LogP contribution is 2.34. The van der Waals surface area contributed by atoms with Crippen LogP contribution in [-0.2, 0) is 11.3 Å². The van der Waals surface area contributed by atoms with Gasteiger partial charge in [0.15, 0.2) is 11.5 Å². The van der Waals surface area contributed by atoms with Gasteiger partial charge in [-0.15, -0.1) is 11.3 Å². The summed E-state index contributed by atoms with van der Waals surface area (Å²) in [6.45, 7) is 8.85. The first-order chi connectivity index (χ1) is 19.7. The maximum atomic E-state index is 16.5. The SMILES string of the molecule is Cc1ccc(-c2ccnc3nc(C4=NCNCc5ccc(-c6cncc(NC(=O)CC(C)(C)C)c6)c(F)c54)[nH]c23)s1. The van der Waals surface area contributed by atoms with E-state index in [-0.39, 0.29) is 11.3 Å². The Morgan fingerprint density at radius 3 is 2.76 bits per heavy atom. The third-order valence-corrected chi connectivity index (χ3v) is 7.81. The summed E-state index contributed by atoms with van der Waals surface area (Å²) in [4.78, 5) is 36.4. The predicted molar refractivity (Wildman–Crippen MR) is 162 cm³/mol. The fraction of sp³-hybridized carbons (Fsp3) is 0.258. The fourth-order valence-corrected chi connectivity index (χ4v) is 5.89. The number of anilines is 1. The number of hydrogen-bond acceptors (Lipinski definition) is 7. The molecule has 0 atom stereocenters. The molecule has 5 heterocycles. The number of pyridine rings is 2. The number of fused-ring (bicyclic) bond motifs is 2. The second kappa shape index (κ2) is 10.6. The van der Waals surface area contributed by atoms with Crippen LogP contribution in [0.15, 0.2) is 60.0 Å². The smallest absolute Gasteiger partial charge is 0.224 e. The number of rotatable bonds is 5. The first-order valence-corrected chi connectivity index (χ1v) is 14.2. The van der Waals surface area contributed by atoms with Gasteiger partial charge in [-0.2, -0.15) is 0 Å². The summed E-state index contributed by atoms with van der Waals surface area (Å²) in [5.41, 5.74) is 5.17. The monoisotopic (exact) mass is 567 g/mol. The number of amides is 1. The number of thiophene rings is 1. The van der Waals surface area contributed by atoms with Crippen LogP contribution in [0.4, 0.5) is 10.1 Å². The maximum absolute atomic E-state index is 16.5. The van der Waals surface area contributed by atoms with Crippen LogP contribution < -0.4 is 10.6 Å². The molecule has 1 amide bonds. The average molecular weight is 568 g/mol. The summed E-state index contributed by atoms with van der Waals surface area (Å²) in [5.74, 6) is -0.0853. The van der Waals surface area contributed by atoms with Crippen LogP contribution in [0.2, 0.25) is 0 Å². The van der Waals surface area contributed by atoms with Gasteiger partial charge in [-0.1, -0.05) is 32.9 Å². The topological polar surface area (TPSA) is 108 Å². The van der Waals surface area contributed by atoms with Crippen LogP contribution in [0.1, 0.15) is 49.0 Å². The molecule has 0 bridgehead atoms. The number of nitrogens with zero attached hydrogens (tertiary/aromatic N) is 4. The Labute approximate surface area is 241 Å². The molecule has 6 rings (SSSR count). The molecule has 1 aliphatic heterocycles. The van der Waals surface area contributed by atoms with E-state index < -0.39 is 5.82 Å². The van der Waals surface area contributed by atoms with Crippen LogP contribution in [0.3, 0.4) is 0 Å². The number of benzene rings is 1. The van der Waals surface area contributed by atoms with Crippen LogP contribution in [0.5, 0.6) is 0 Å². The molecule has 5 aromatic rings. The van der Waals surface area contributed by atoms with Gasteiger partial charge in [-0.3, -0.25) is 20.1 Å². The van der Waals surface area contributed by atoms with Gasteiger partial charge in [0.2, 0.25) is 5.91 Å². The normalized spacial score (nSPS) is 13.5. The van der Waals surface area contributed by atoms with Crippen LogP contribution >= 0.6 is 11.3 Å². The van der Waals surface area contributed by atoms with Gasteiger partial charge in [0.1, 0.15) is 11.5 Å². The Bertz CT molecular complexity index is 1820. The van der Waals surface area contributed by atoms with Gasteiger partial charge in [0.05, 0.1) is 24.1 Å². The number of aliphatic imine (C=N–C) groups is 1. The van der Waals surface area contributed by atoms with E-state index in [4.69, 9.17) is 9.98 Å². The van der Waals surface area contributed by atoms with Crippen molar-refractivity contribution in [2.24, 2.45) is 10.4 Å². The molecule has 0 spiro atoms. The number of hydrogen-bond donors (Lipinski definition) is 3. The summed E-state index contributed by atoms with van der Waals surface area (Å²) >= 11 is 1.69. The summed E-state index contributed by atoms with van der Waals surface area (Å²) in [5, 5.41) is 6.13. The molecule has 0 saturated carbocycles. The summed E-state index contributed by atoms with van der Waals surface area (Å²) in [6.07, 6.45) is 5.25. The van der Waals surface area contributed by atoms with E-state index in [1.54, 1.807) is 42.1 Å². The Kier molecular flexibility index (Phi) is 6.96. The molecule has 1 aromatic carbocycles. The number of carbonyl (C=O) groups excluding carboxylic acids is 1. The minimum Gasteiger partial charge on any atom is -0.335 e. The Morgan fingerprint density at radius 2 is 1.98 bits per heavy atom. The number of carbonyl (C=O) groups is 1. The van der Waals surface area contributed by atoms with Crippen molar-refractivity contribution in [2.45, 2.75) is 40.7 Å². The van der Waals surface area contributed by atoms with Crippen molar-refractivity contribution >= 4 is 39.8 Å². The van der Waals surface area contributed by atoms with Gasteiger partial charge >= 0.3 is 0 Å². The van der Waals surface area contributed by atoms with Crippen molar-refractivity contribution in [3.05, 3.63) is 82.6 Å². The van der Waals surface area contributed by atoms with Gasteiger partial charge < -0.3 is 10.3 Å². The van der Waals surface area contributed by atoms with Crippen molar-refractivity contribution in [1.29, 1.82) is 0 Å².